The average Bonchev–Trinajstić information content (AvgIpc) is 2.69. The lowest BCUT2D eigenvalue weighted by Gasteiger charge is -2.22. The van der Waals surface area contributed by atoms with Crippen LogP contribution < -0.4 is 45.0 Å². The van der Waals surface area contributed by atoms with E-state index >= 15 is 0 Å². The third-order valence-electron chi connectivity index (χ3n) is 4.18. The SMILES string of the molecule is NC(=O)CC[C@H](NC(=O)[C@H](N)CCCN=C(N)N)C(=O)N[C@@H](CCCN=C(N)N)C(=O)O. The monoisotopic (exact) mass is 458 g/mol. The molecule has 15 N–H and O–H groups in total. The van der Waals surface area contributed by atoms with Gasteiger partial charge >= 0.3 is 5.97 Å². The Bertz CT molecular complexity index is 704. The van der Waals surface area contributed by atoms with E-state index < -0.39 is 41.8 Å². The molecule has 0 aromatic rings. The summed E-state index contributed by atoms with van der Waals surface area (Å²) < 4.78 is 0. The van der Waals surface area contributed by atoms with Crippen molar-refractivity contribution in [3.63, 3.8) is 0 Å². The van der Waals surface area contributed by atoms with Gasteiger partial charge in [-0.2, -0.15) is 0 Å². The molecule has 0 spiro atoms. The van der Waals surface area contributed by atoms with E-state index in [1.807, 2.05) is 0 Å². The van der Waals surface area contributed by atoms with Gasteiger partial charge in [0.25, 0.3) is 0 Å². The first-order valence-corrected chi connectivity index (χ1v) is 9.92. The molecule has 0 radical (unpaired) electrons. The van der Waals surface area contributed by atoms with Crippen molar-refractivity contribution in [1.29, 1.82) is 0 Å². The van der Waals surface area contributed by atoms with E-state index in [1.54, 1.807) is 0 Å². The van der Waals surface area contributed by atoms with Crippen LogP contribution >= 0.6 is 0 Å². The van der Waals surface area contributed by atoms with Crippen molar-refractivity contribution in [3.8, 4) is 0 Å². The Kier molecular flexibility index (Phi) is 13.5. The summed E-state index contributed by atoms with van der Waals surface area (Å²) in [5, 5.41) is 14.1. The van der Waals surface area contributed by atoms with Crippen LogP contribution in [0.4, 0.5) is 0 Å². The van der Waals surface area contributed by atoms with Crippen molar-refractivity contribution in [2.24, 2.45) is 44.4 Å². The van der Waals surface area contributed by atoms with Gasteiger partial charge in [0.2, 0.25) is 17.7 Å². The fraction of sp³-hybridized carbons (Fsp3) is 0.647. The normalized spacial score (nSPS) is 13.2. The molecule has 0 aliphatic rings. The lowest BCUT2D eigenvalue weighted by Crippen LogP contribution is -2.54. The van der Waals surface area contributed by atoms with Crippen LogP contribution in [0.1, 0.15) is 38.5 Å². The summed E-state index contributed by atoms with van der Waals surface area (Å²) >= 11 is 0. The number of primary amides is 1. The van der Waals surface area contributed by atoms with Crippen molar-refractivity contribution >= 4 is 35.6 Å². The summed E-state index contributed by atoms with van der Waals surface area (Å²) in [6, 6.07) is -3.43. The molecule has 3 amide bonds. The molecule has 0 bridgehead atoms. The largest absolute Gasteiger partial charge is 0.480 e. The van der Waals surface area contributed by atoms with Gasteiger partial charge in [-0.25, -0.2) is 4.79 Å². The van der Waals surface area contributed by atoms with Gasteiger partial charge in [0, 0.05) is 19.5 Å². The standard InChI is InChI=1S/C17H34N10O5/c18-9(3-1-7-24-16(20)21)13(29)26-10(5-6-12(19)28)14(30)27-11(15(31)32)4-2-8-25-17(22)23/h9-11H,1-8,18H2,(H2,19,28)(H,26,29)(H,27,30)(H,31,32)(H4,20,21,24)(H4,22,23,25)/t9-,10+,11+/m1/s1. The van der Waals surface area contributed by atoms with Gasteiger partial charge in [0.15, 0.2) is 11.9 Å². The quantitative estimate of drug-likeness (QED) is 0.0609. The molecular formula is C17H34N10O5. The molecule has 0 heterocycles. The Hall–Kier alpha value is -3.62. The average molecular weight is 459 g/mol. The summed E-state index contributed by atoms with van der Waals surface area (Å²) in [5.41, 5.74) is 31.8. The lowest BCUT2D eigenvalue weighted by atomic mass is 10.1. The topological polar surface area (TPSA) is 293 Å². The maximum absolute atomic E-state index is 12.6. The number of carboxylic acids is 1. The second-order valence-electron chi connectivity index (χ2n) is 6.97. The fourth-order valence-electron chi connectivity index (χ4n) is 2.52. The third kappa shape index (κ3) is 13.6. The summed E-state index contributed by atoms with van der Waals surface area (Å²) in [5.74, 6) is -3.63. The van der Waals surface area contributed by atoms with Crippen LogP contribution in [0.2, 0.25) is 0 Å². The minimum Gasteiger partial charge on any atom is -0.480 e. The molecule has 15 heteroatoms. The minimum absolute atomic E-state index is 0.0403. The highest BCUT2D eigenvalue weighted by atomic mass is 16.4. The van der Waals surface area contributed by atoms with Crippen molar-refractivity contribution in [2.75, 3.05) is 13.1 Å². The van der Waals surface area contributed by atoms with Gasteiger partial charge in [0.05, 0.1) is 6.04 Å². The minimum atomic E-state index is -1.28. The van der Waals surface area contributed by atoms with Gasteiger partial charge < -0.3 is 50.1 Å². The molecule has 0 aromatic heterocycles. The van der Waals surface area contributed by atoms with Gasteiger partial charge in [-0.3, -0.25) is 24.4 Å². The predicted molar refractivity (Wildman–Crippen MR) is 118 cm³/mol. The number of hydrogen-bond donors (Lipinski definition) is 9. The number of rotatable bonds is 16. The van der Waals surface area contributed by atoms with Crippen LogP contribution in [-0.2, 0) is 19.2 Å². The highest BCUT2D eigenvalue weighted by Crippen LogP contribution is 2.04. The van der Waals surface area contributed by atoms with Crippen LogP contribution in [0.15, 0.2) is 9.98 Å². The number of carbonyl (C=O) groups is 4. The molecule has 0 aromatic carbocycles. The van der Waals surface area contributed by atoms with E-state index in [-0.39, 0.29) is 57.1 Å². The molecule has 15 nitrogen and oxygen atoms in total. The number of nitrogens with two attached hydrogens (primary N) is 6. The van der Waals surface area contributed by atoms with E-state index in [1.165, 1.54) is 0 Å². The van der Waals surface area contributed by atoms with E-state index in [4.69, 9.17) is 34.4 Å². The molecule has 0 unspecified atom stereocenters. The number of aliphatic imine (C=N–C) groups is 2. The zero-order valence-corrected chi connectivity index (χ0v) is 17.8. The molecule has 0 saturated carbocycles. The molecule has 32 heavy (non-hydrogen) atoms. The maximum atomic E-state index is 12.6. The summed E-state index contributed by atoms with van der Waals surface area (Å²) in [7, 11) is 0. The molecule has 0 aliphatic heterocycles. The van der Waals surface area contributed by atoms with Crippen LogP contribution in [0, 0.1) is 0 Å². The fourth-order valence-corrected chi connectivity index (χ4v) is 2.52. The maximum Gasteiger partial charge on any atom is 0.326 e. The smallest absolute Gasteiger partial charge is 0.326 e. The Labute approximate surface area is 185 Å². The van der Waals surface area contributed by atoms with Crippen molar-refractivity contribution in [1.82, 2.24) is 10.6 Å². The highest BCUT2D eigenvalue weighted by Gasteiger charge is 2.28. The second-order valence-corrected chi connectivity index (χ2v) is 6.97. The number of nitrogens with zero attached hydrogens (tertiary/aromatic N) is 2. The number of amides is 3. The zero-order chi connectivity index (χ0) is 24.7. The molecule has 0 rings (SSSR count). The Balaban J connectivity index is 5.00. The van der Waals surface area contributed by atoms with E-state index in [2.05, 4.69) is 20.6 Å². The molecule has 3 atom stereocenters. The first kappa shape index (κ1) is 28.4. The Morgan fingerprint density at radius 1 is 0.750 bits per heavy atom. The van der Waals surface area contributed by atoms with Crippen molar-refractivity contribution < 1.29 is 24.3 Å². The van der Waals surface area contributed by atoms with Crippen molar-refractivity contribution in [2.45, 2.75) is 56.7 Å². The first-order chi connectivity index (χ1) is 14.9. The van der Waals surface area contributed by atoms with E-state index in [9.17, 15) is 24.3 Å². The molecule has 182 valence electrons. The summed E-state index contributed by atoms with van der Waals surface area (Å²) in [6.07, 6.45) is 0.637. The number of nitrogens with one attached hydrogen (secondary N) is 2. The molecule has 0 fully saturated rings. The van der Waals surface area contributed by atoms with Crippen molar-refractivity contribution in [3.05, 3.63) is 0 Å². The van der Waals surface area contributed by atoms with Crippen LogP contribution in [0.25, 0.3) is 0 Å². The van der Waals surface area contributed by atoms with Crippen LogP contribution in [-0.4, -0.2) is 71.9 Å². The first-order valence-electron chi connectivity index (χ1n) is 9.92. The Morgan fingerprint density at radius 2 is 1.25 bits per heavy atom. The number of guanidine groups is 2. The molecule has 0 saturated heterocycles. The van der Waals surface area contributed by atoms with Gasteiger partial charge in [-0.05, 0) is 32.1 Å². The number of aliphatic carboxylic acids is 1. The molecular weight excluding hydrogens is 424 g/mol. The summed E-state index contributed by atoms with van der Waals surface area (Å²) in [4.78, 5) is 55.1. The lowest BCUT2D eigenvalue weighted by molar-refractivity contribution is -0.142. The number of hydrogen-bond acceptors (Lipinski definition) is 7. The number of carbonyl (C=O) groups excluding carboxylic acids is 3. The molecule has 0 aliphatic carbocycles. The van der Waals surface area contributed by atoms with E-state index in [0.29, 0.717) is 6.42 Å². The van der Waals surface area contributed by atoms with Gasteiger partial charge in [0.1, 0.15) is 12.1 Å². The van der Waals surface area contributed by atoms with Crippen LogP contribution in [0.3, 0.4) is 0 Å². The van der Waals surface area contributed by atoms with Crippen LogP contribution in [0.5, 0.6) is 0 Å². The second kappa shape index (κ2) is 15.2. The predicted octanol–water partition coefficient (Wildman–Crippen LogP) is -4.26. The zero-order valence-electron chi connectivity index (χ0n) is 17.8. The highest BCUT2D eigenvalue weighted by molar-refractivity contribution is 5.92. The third-order valence-corrected chi connectivity index (χ3v) is 4.18. The number of carboxylic acid groups (broad SMARTS) is 1. The van der Waals surface area contributed by atoms with Gasteiger partial charge in [-0.1, -0.05) is 0 Å². The van der Waals surface area contributed by atoms with E-state index in [0.717, 1.165) is 0 Å². The summed E-state index contributed by atoms with van der Waals surface area (Å²) in [6.45, 7) is 0.452. The van der Waals surface area contributed by atoms with Gasteiger partial charge in [-0.15, -0.1) is 0 Å². The Morgan fingerprint density at radius 3 is 1.72 bits per heavy atom.